The summed E-state index contributed by atoms with van der Waals surface area (Å²) in [5.74, 6) is 2.68. The molecule has 0 aliphatic heterocycles. The normalized spacial score (nSPS) is 16.6. The smallest absolute Gasteiger partial charge is 0.184 e. The second kappa shape index (κ2) is 12.5. The van der Waals surface area contributed by atoms with E-state index in [1.165, 1.54) is 57.8 Å². The maximum absolute atomic E-state index is 6.13. The average Bonchev–Trinajstić information content (AvgIpc) is 2.35. The Hall–Kier alpha value is 0.177. The highest BCUT2D eigenvalue weighted by atomic mass is 28.4. The monoisotopic (exact) mass is 342 g/mol. The summed E-state index contributed by atoms with van der Waals surface area (Å²) >= 11 is 0. The van der Waals surface area contributed by atoms with Gasteiger partial charge in [-0.05, 0) is 50.7 Å². The summed E-state index contributed by atoms with van der Waals surface area (Å²) in [7, 11) is -1.35. The van der Waals surface area contributed by atoms with Crippen LogP contribution in [0.5, 0.6) is 0 Å². The van der Waals surface area contributed by atoms with E-state index < -0.39 is 8.32 Å². The lowest BCUT2D eigenvalue weighted by Crippen LogP contribution is -2.30. The lowest BCUT2D eigenvalue weighted by Gasteiger charge is -2.24. The molecular formula is C21H46OSi. The van der Waals surface area contributed by atoms with Crippen LogP contribution in [0.2, 0.25) is 19.6 Å². The van der Waals surface area contributed by atoms with Crippen LogP contribution in [0.25, 0.3) is 0 Å². The van der Waals surface area contributed by atoms with Crippen LogP contribution in [-0.4, -0.2) is 14.4 Å². The molecule has 0 aliphatic carbocycles. The molecular weight excluding hydrogens is 296 g/mol. The molecule has 0 saturated carbocycles. The molecule has 0 heterocycles. The fourth-order valence-electron chi connectivity index (χ4n) is 3.39. The van der Waals surface area contributed by atoms with Gasteiger partial charge in [0.05, 0.1) is 0 Å². The largest absolute Gasteiger partial charge is 0.415 e. The fraction of sp³-hybridized carbons (Fsp3) is 1.00. The topological polar surface area (TPSA) is 9.23 Å². The lowest BCUT2D eigenvalue weighted by molar-refractivity contribution is 0.196. The summed E-state index contributed by atoms with van der Waals surface area (Å²) in [5.41, 5.74) is 0. The van der Waals surface area contributed by atoms with Crippen molar-refractivity contribution in [1.29, 1.82) is 0 Å². The second-order valence-corrected chi connectivity index (χ2v) is 13.9. The molecule has 0 fully saturated rings. The van der Waals surface area contributed by atoms with Crippen molar-refractivity contribution < 1.29 is 4.43 Å². The van der Waals surface area contributed by atoms with Gasteiger partial charge in [0.25, 0.3) is 0 Å². The summed E-state index contributed by atoms with van der Waals surface area (Å²) in [5, 5.41) is 0. The summed E-state index contributed by atoms with van der Waals surface area (Å²) in [4.78, 5) is 0. The van der Waals surface area contributed by atoms with Gasteiger partial charge in [0.1, 0.15) is 0 Å². The Kier molecular flexibility index (Phi) is 12.6. The van der Waals surface area contributed by atoms with Crippen molar-refractivity contribution in [3.05, 3.63) is 0 Å². The van der Waals surface area contributed by atoms with Gasteiger partial charge in [-0.1, -0.05) is 79.1 Å². The molecule has 23 heavy (non-hydrogen) atoms. The Bertz CT molecular complexity index is 270. The molecule has 0 aromatic heterocycles. The third-order valence-electron chi connectivity index (χ3n) is 4.73. The van der Waals surface area contributed by atoms with Crippen LogP contribution in [0, 0.1) is 17.8 Å². The van der Waals surface area contributed by atoms with Gasteiger partial charge in [-0.3, -0.25) is 0 Å². The van der Waals surface area contributed by atoms with Gasteiger partial charge >= 0.3 is 0 Å². The Morgan fingerprint density at radius 3 is 1.39 bits per heavy atom. The molecule has 0 aliphatic rings. The molecule has 3 atom stereocenters. The summed E-state index contributed by atoms with van der Waals surface area (Å²) in [6, 6.07) is 0. The van der Waals surface area contributed by atoms with Gasteiger partial charge in [-0.25, -0.2) is 0 Å². The molecule has 3 unspecified atom stereocenters. The van der Waals surface area contributed by atoms with Crippen LogP contribution in [0.1, 0.15) is 92.4 Å². The fourth-order valence-corrected chi connectivity index (χ4v) is 4.72. The van der Waals surface area contributed by atoms with Gasteiger partial charge in [0, 0.05) is 6.10 Å². The predicted octanol–water partition coefficient (Wildman–Crippen LogP) is 7.67. The molecule has 0 radical (unpaired) electrons. The molecule has 1 nitrogen and oxygen atoms in total. The summed E-state index contributed by atoms with van der Waals surface area (Å²) in [6.45, 7) is 18.7. The van der Waals surface area contributed by atoms with Crippen molar-refractivity contribution >= 4 is 8.32 Å². The summed E-state index contributed by atoms with van der Waals surface area (Å²) in [6.07, 6.45) is 12.9. The summed E-state index contributed by atoms with van der Waals surface area (Å²) < 4.78 is 6.13. The van der Waals surface area contributed by atoms with E-state index in [0.717, 1.165) is 17.8 Å². The quantitative estimate of drug-likeness (QED) is 0.294. The first-order valence-corrected chi connectivity index (χ1v) is 13.7. The second-order valence-electron chi connectivity index (χ2n) is 9.44. The zero-order chi connectivity index (χ0) is 17.9. The predicted molar refractivity (Wildman–Crippen MR) is 109 cm³/mol. The maximum Gasteiger partial charge on any atom is 0.184 e. The highest BCUT2D eigenvalue weighted by molar-refractivity contribution is 6.69. The van der Waals surface area contributed by atoms with Crippen molar-refractivity contribution in [1.82, 2.24) is 0 Å². The number of hydrogen-bond acceptors (Lipinski definition) is 1. The zero-order valence-electron chi connectivity index (χ0n) is 17.6. The standard InChI is InChI=1S/C21H46OSi/c1-18(2)12-9-13-19(3)14-10-15-20(4)16-11-17-21(5)22-23(6,7)8/h18-21H,9-17H2,1-8H3. The Morgan fingerprint density at radius 1 is 0.609 bits per heavy atom. The van der Waals surface area contributed by atoms with Crippen molar-refractivity contribution in [2.45, 2.75) is 118 Å². The van der Waals surface area contributed by atoms with Gasteiger partial charge in [0.15, 0.2) is 8.32 Å². The first-order chi connectivity index (χ1) is 10.6. The molecule has 140 valence electrons. The third kappa shape index (κ3) is 16.8. The van der Waals surface area contributed by atoms with Gasteiger partial charge < -0.3 is 4.43 Å². The van der Waals surface area contributed by atoms with Crippen molar-refractivity contribution in [3.8, 4) is 0 Å². The minimum absolute atomic E-state index is 0.454. The third-order valence-corrected chi connectivity index (χ3v) is 5.84. The maximum atomic E-state index is 6.13. The SMILES string of the molecule is CC(C)CCCC(C)CCCC(C)CCCC(C)O[Si](C)(C)C. The van der Waals surface area contributed by atoms with Crippen molar-refractivity contribution in [2.24, 2.45) is 17.8 Å². The average molecular weight is 343 g/mol. The van der Waals surface area contributed by atoms with Crippen LogP contribution >= 0.6 is 0 Å². The molecule has 0 amide bonds. The van der Waals surface area contributed by atoms with Crippen molar-refractivity contribution in [3.63, 3.8) is 0 Å². The van der Waals surface area contributed by atoms with E-state index >= 15 is 0 Å². The van der Waals surface area contributed by atoms with Crippen LogP contribution in [0.4, 0.5) is 0 Å². The highest BCUT2D eigenvalue weighted by Crippen LogP contribution is 2.22. The minimum atomic E-state index is -1.35. The number of hydrogen-bond donors (Lipinski definition) is 0. The van der Waals surface area contributed by atoms with E-state index in [2.05, 4.69) is 54.3 Å². The Morgan fingerprint density at radius 2 is 1.00 bits per heavy atom. The highest BCUT2D eigenvalue weighted by Gasteiger charge is 2.18. The Balaban J connectivity index is 3.58. The molecule has 0 bridgehead atoms. The van der Waals surface area contributed by atoms with E-state index in [1.807, 2.05) is 0 Å². The van der Waals surface area contributed by atoms with E-state index in [-0.39, 0.29) is 0 Å². The van der Waals surface area contributed by atoms with E-state index in [9.17, 15) is 0 Å². The Labute approximate surface area is 149 Å². The van der Waals surface area contributed by atoms with Crippen molar-refractivity contribution in [2.75, 3.05) is 0 Å². The molecule has 0 aromatic rings. The van der Waals surface area contributed by atoms with Crippen LogP contribution in [-0.2, 0) is 4.43 Å². The molecule has 0 saturated heterocycles. The van der Waals surface area contributed by atoms with Crippen LogP contribution in [0.15, 0.2) is 0 Å². The van der Waals surface area contributed by atoms with Gasteiger partial charge in [0.2, 0.25) is 0 Å². The first kappa shape index (κ1) is 23.2. The van der Waals surface area contributed by atoms with E-state index in [0.29, 0.717) is 6.10 Å². The lowest BCUT2D eigenvalue weighted by atomic mass is 9.92. The molecule has 0 N–H and O–H groups in total. The van der Waals surface area contributed by atoms with E-state index in [4.69, 9.17) is 4.43 Å². The molecule has 0 aromatic carbocycles. The number of rotatable bonds is 14. The van der Waals surface area contributed by atoms with Gasteiger partial charge in [-0.2, -0.15) is 0 Å². The minimum Gasteiger partial charge on any atom is -0.415 e. The molecule has 0 rings (SSSR count). The van der Waals surface area contributed by atoms with Gasteiger partial charge in [-0.15, -0.1) is 0 Å². The van der Waals surface area contributed by atoms with E-state index in [1.54, 1.807) is 0 Å². The van der Waals surface area contributed by atoms with Crippen LogP contribution < -0.4 is 0 Å². The molecule has 2 heteroatoms. The first-order valence-electron chi connectivity index (χ1n) is 10.3. The molecule has 0 spiro atoms. The van der Waals surface area contributed by atoms with Crippen LogP contribution in [0.3, 0.4) is 0 Å². The zero-order valence-corrected chi connectivity index (χ0v) is 18.6.